The van der Waals surface area contributed by atoms with Crippen LogP contribution in [0.4, 0.5) is 0 Å². The molecule has 3 rings (SSSR count). The van der Waals surface area contributed by atoms with Crippen molar-refractivity contribution in [1.82, 2.24) is 0 Å². The summed E-state index contributed by atoms with van der Waals surface area (Å²) in [7, 11) is 0. The molecule has 0 radical (unpaired) electrons. The molecule has 0 amide bonds. The van der Waals surface area contributed by atoms with Crippen molar-refractivity contribution < 1.29 is 9.53 Å². The first-order valence-electron chi connectivity index (χ1n) is 11.6. The maximum Gasteiger partial charge on any atom is 0.343 e. The van der Waals surface area contributed by atoms with E-state index in [1.165, 1.54) is 30.4 Å². The third-order valence-electron chi connectivity index (χ3n) is 5.89. The van der Waals surface area contributed by atoms with Crippen LogP contribution in [0.1, 0.15) is 67.9 Å². The van der Waals surface area contributed by atoms with Crippen molar-refractivity contribution in [3.05, 3.63) is 89.5 Å². The van der Waals surface area contributed by atoms with Gasteiger partial charge in [-0.25, -0.2) is 4.79 Å². The summed E-state index contributed by atoms with van der Waals surface area (Å²) in [6.07, 6.45) is 7.12. The van der Waals surface area contributed by atoms with Crippen molar-refractivity contribution in [3.8, 4) is 16.9 Å². The maximum atomic E-state index is 12.5. The number of rotatable bonds is 10. The van der Waals surface area contributed by atoms with Gasteiger partial charge in [-0.05, 0) is 71.7 Å². The summed E-state index contributed by atoms with van der Waals surface area (Å²) < 4.78 is 5.56. The minimum Gasteiger partial charge on any atom is -0.423 e. The molecule has 0 heterocycles. The molecule has 1 unspecified atom stereocenters. The number of aryl methyl sites for hydroxylation is 1. The van der Waals surface area contributed by atoms with Gasteiger partial charge in [0.15, 0.2) is 0 Å². The first kappa shape index (κ1) is 22.8. The first-order valence-corrected chi connectivity index (χ1v) is 11.6. The summed E-state index contributed by atoms with van der Waals surface area (Å²) in [5, 5.41) is 0. The van der Waals surface area contributed by atoms with Gasteiger partial charge in [0, 0.05) is 0 Å². The van der Waals surface area contributed by atoms with Gasteiger partial charge in [-0.2, -0.15) is 0 Å². The van der Waals surface area contributed by atoms with E-state index in [0.717, 1.165) is 30.4 Å². The van der Waals surface area contributed by atoms with Gasteiger partial charge in [-0.15, -0.1) is 0 Å². The zero-order valence-electron chi connectivity index (χ0n) is 19.1. The molecule has 0 fully saturated rings. The van der Waals surface area contributed by atoms with Crippen molar-refractivity contribution in [2.75, 3.05) is 0 Å². The average molecular weight is 415 g/mol. The van der Waals surface area contributed by atoms with Crippen LogP contribution in [0, 0.1) is 5.92 Å². The van der Waals surface area contributed by atoms with Crippen molar-refractivity contribution in [1.29, 1.82) is 0 Å². The number of ether oxygens (including phenoxy) is 1. The van der Waals surface area contributed by atoms with Crippen LogP contribution < -0.4 is 4.74 Å². The SMILES string of the molecule is CCCCCc1ccc(-c2ccc(C(=O)Oc3ccc(CC(C)CC)cc3)cc2)cc1. The van der Waals surface area contributed by atoms with Crippen LogP contribution in [0.2, 0.25) is 0 Å². The lowest BCUT2D eigenvalue weighted by molar-refractivity contribution is 0.0734. The predicted molar refractivity (Wildman–Crippen MR) is 130 cm³/mol. The third kappa shape index (κ3) is 6.82. The highest BCUT2D eigenvalue weighted by Gasteiger charge is 2.10. The Bertz CT molecular complexity index is 938. The molecule has 0 bridgehead atoms. The van der Waals surface area contributed by atoms with Crippen molar-refractivity contribution >= 4 is 5.97 Å². The van der Waals surface area contributed by atoms with E-state index in [1.54, 1.807) is 0 Å². The molecule has 162 valence electrons. The summed E-state index contributed by atoms with van der Waals surface area (Å²) in [5.74, 6) is 0.914. The molecule has 0 aliphatic heterocycles. The molecular formula is C29H34O2. The standard InChI is InChI=1S/C29H34O2/c1-4-6-7-8-23-9-13-25(14-10-23)26-15-17-27(18-16-26)29(30)31-28-19-11-24(12-20-28)21-22(3)5-2/h9-20,22H,4-8,21H2,1-3H3. The number of carbonyl (C=O) groups is 1. The van der Waals surface area contributed by atoms with Crippen LogP contribution >= 0.6 is 0 Å². The van der Waals surface area contributed by atoms with Crippen LogP contribution in [0.5, 0.6) is 5.75 Å². The fourth-order valence-electron chi connectivity index (χ4n) is 3.65. The minimum atomic E-state index is -0.326. The van der Waals surface area contributed by atoms with Crippen LogP contribution in [0.15, 0.2) is 72.8 Å². The van der Waals surface area contributed by atoms with Crippen LogP contribution in [0.3, 0.4) is 0 Å². The van der Waals surface area contributed by atoms with Crippen LogP contribution in [-0.2, 0) is 12.8 Å². The van der Waals surface area contributed by atoms with Crippen LogP contribution in [0.25, 0.3) is 11.1 Å². The van der Waals surface area contributed by atoms with Gasteiger partial charge < -0.3 is 4.74 Å². The molecule has 0 aliphatic carbocycles. The van der Waals surface area contributed by atoms with Gasteiger partial charge in [0.1, 0.15) is 5.75 Å². The fourth-order valence-corrected chi connectivity index (χ4v) is 3.65. The van der Waals surface area contributed by atoms with Crippen molar-refractivity contribution in [3.63, 3.8) is 0 Å². The number of unbranched alkanes of at least 4 members (excludes halogenated alkanes) is 2. The Morgan fingerprint density at radius 1 is 0.774 bits per heavy atom. The highest BCUT2D eigenvalue weighted by atomic mass is 16.5. The number of hydrogen-bond acceptors (Lipinski definition) is 2. The second-order valence-corrected chi connectivity index (χ2v) is 8.48. The van der Waals surface area contributed by atoms with Crippen molar-refractivity contribution in [2.24, 2.45) is 5.92 Å². The summed E-state index contributed by atoms with van der Waals surface area (Å²) >= 11 is 0. The van der Waals surface area contributed by atoms with E-state index in [0.29, 0.717) is 17.2 Å². The Morgan fingerprint density at radius 3 is 1.94 bits per heavy atom. The zero-order valence-corrected chi connectivity index (χ0v) is 19.1. The number of benzene rings is 3. The topological polar surface area (TPSA) is 26.3 Å². The summed E-state index contributed by atoms with van der Waals surface area (Å²) in [5.41, 5.74) is 5.48. The second-order valence-electron chi connectivity index (χ2n) is 8.48. The fraction of sp³-hybridized carbons (Fsp3) is 0.345. The monoisotopic (exact) mass is 414 g/mol. The van der Waals surface area contributed by atoms with Gasteiger partial charge in [0.2, 0.25) is 0 Å². The van der Waals surface area contributed by atoms with Gasteiger partial charge in [0.05, 0.1) is 5.56 Å². The number of hydrogen-bond donors (Lipinski definition) is 0. The molecule has 0 saturated heterocycles. The molecule has 0 aliphatic rings. The first-order chi connectivity index (χ1) is 15.1. The molecule has 0 aromatic heterocycles. The molecule has 3 aromatic carbocycles. The quantitative estimate of drug-likeness (QED) is 0.191. The van der Waals surface area contributed by atoms with E-state index in [-0.39, 0.29) is 5.97 Å². The molecule has 0 N–H and O–H groups in total. The van der Waals surface area contributed by atoms with Gasteiger partial charge in [0.25, 0.3) is 0 Å². The lowest BCUT2D eigenvalue weighted by atomic mass is 9.99. The largest absolute Gasteiger partial charge is 0.423 e. The molecule has 31 heavy (non-hydrogen) atoms. The third-order valence-corrected chi connectivity index (χ3v) is 5.89. The highest BCUT2D eigenvalue weighted by Crippen LogP contribution is 2.22. The summed E-state index contributed by atoms with van der Waals surface area (Å²) in [6, 6.07) is 24.2. The normalized spacial score (nSPS) is 11.8. The molecule has 1 atom stereocenters. The van der Waals surface area contributed by atoms with E-state index < -0.39 is 0 Å². The molecule has 0 saturated carbocycles. The van der Waals surface area contributed by atoms with Crippen molar-refractivity contribution in [2.45, 2.75) is 59.3 Å². The van der Waals surface area contributed by atoms with Gasteiger partial charge in [-0.3, -0.25) is 0 Å². The van der Waals surface area contributed by atoms with E-state index in [2.05, 4.69) is 45.0 Å². The Hall–Kier alpha value is -2.87. The average Bonchev–Trinajstić information content (AvgIpc) is 2.81. The van der Waals surface area contributed by atoms with Gasteiger partial charge in [-0.1, -0.05) is 88.6 Å². The Morgan fingerprint density at radius 2 is 1.35 bits per heavy atom. The molecule has 2 nitrogen and oxygen atoms in total. The Labute approximate surface area is 187 Å². The highest BCUT2D eigenvalue weighted by molar-refractivity contribution is 5.91. The van der Waals surface area contributed by atoms with E-state index in [4.69, 9.17) is 4.74 Å². The van der Waals surface area contributed by atoms with Gasteiger partial charge >= 0.3 is 5.97 Å². The van der Waals surface area contributed by atoms with E-state index in [1.807, 2.05) is 48.5 Å². The maximum absolute atomic E-state index is 12.5. The van der Waals surface area contributed by atoms with E-state index in [9.17, 15) is 4.79 Å². The lowest BCUT2D eigenvalue weighted by Gasteiger charge is -2.10. The van der Waals surface area contributed by atoms with E-state index >= 15 is 0 Å². The summed E-state index contributed by atoms with van der Waals surface area (Å²) in [6.45, 7) is 6.68. The minimum absolute atomic E-state index is 0.326. The Balaban J connectivity index is 1.58. The molecular weight excluding hydrogens is 380 g/mol. The molecule has 0 spiro atoms. The number of esters is 1. The smallest absolute Gasteiger partial charge is 0.343 e. The molecule has 3 aromatic rings. The number of carbonyl (C=O) groups excluding carboxylic acids is 1. The summed E-state index contributed by atoms with van der Waals surface area (Å²) in [4.78, 5) is 12.5. The van der Waals surface area contributed by atoms with Crippen LogP contribution in [-0.4, -0.2) is 5.97 Å². The zero-order chi connectivity index (χ0) is 22.1. The molecule has 2 heteroatoms. The second kappa shape index (κ2) is 11.5. The lowest BCUT2D eigenvalue weighted by Crippen LogP contribution is -2.08. The Kier molecular flexibility index (Phi) is 8.46. The predicted octanol–water partition coefficient (Wildman–Crippen LogP) is 7.89.